The molecule has 0 radical (unpaired) electrons. The van der Waals surface area contributed by atoms with Crippen LogP contribution in [-0.2, 0) is 4.79 Å². The SMILES string of the molecule is C=Cc1cc2ccc(O)cc2cn1.NC=O. The number of phenolic OH excluding ortho intramolecular Hbond substituents is 1. The third-order valence-electron chi connectivity index (χ3n) is 1.94. The van der Waals surface area contributed by atoms with Gasteiger partial charge < -0.3 is 10.8 Å². The van der Waals surface area contributed by atoms with Gasteiger partial charge in [-0.3, -0.25) is 9.78 Å². The van der Waals surface area contributed by atoms with Gasteiger partial charge in [0.15, 0.2) is 0 Å². The molecule has 0 aliphatic carbocycles. The number of rotatable bonds is 1. The van der Waals surface area contributed by atoms with Crippen molar-refractivity contribution in [3.8, 4) is 5.75 Å². The highest BCUT2D eigenvalue weighted by molar-refractivity contribution is 5.84. The average Bonchev–Trinajstić information content (AvgIpc) is 2.29. The van der Waals surface area contributed by atoms with E-state index in [1.807, 2.05) is 12.1 Å². The summed E-state index contributed by atoms with van der Waals surface area (Å²) in [5.41, 5.74) is 5.01. The van der Waals surface area contributed by atoms with Gasteiger partial charge in [-0.2, -0.15) is 0 Å². The van der Waals surface area contributed by atoms with Gasteiger partial charge >= 0.3 is 0 Å². The molecular formula is C12H12N2O2. The number of primary amides is 1. The van der Waals surface area contributed by atoms with E-state index in [1.165, 1.54) is 0 Å². The summed E-state index contributed by atoms with van der Waals surface area (Å²) in [5.74, 6) is 0.264. The number of aromatic nitrogens is 1. The second kappa shape index (κ2) is 5.50. The van der Waals surface area contributed by atoms with E-state index in [-0.39, 0.29) is 12.2 Å². The van der Waals surface area contributed by atoms with Crippen molar-refractivity contribution in [1.82, 2.24) is 4.98 Å². The number of carbonyl (C=O) groups excluding carboxylic acids is 1. The van der Waals surface area contributed by atoms with Gasteiger partial charge in [0, 0.05) is 11.6 Å². The van der Waals surface area contributed by atoms with Gasteiger partial charge in [0.2, 0.25) is 6.41 Å². The summed E-state index contributed by atoms with van der Waals surface area (Å²) >= 11 is 0. The Labute approximate surface area is 93.0 Å². The van der Waals surface area contributed by atoms with Gasteiger partial charge in [-0.15, -0.1) is 0 Å². The van der Waals surface area contributed by atoms with Gasteiger partial charge in [0.1, 0.15) is 5.75 Å². The minimum absolute atomic E-state index is 0.250. The van der Waals surface area contributed by atoms with Gasteiger partial charge in [-0.25, -0.2) is 0 Å². The summed E-state index contributed by atoms with van der Waals surface area (Å²) < 4.78 is 0. The average molecular weight is 216 g/mol. The topological polar surface area (TPSA) is 76.2 Å². The fraction of sp³-hybridized carbons (Fsp3) is 0. The molecule has 16 heavy (non-hydrogen) atoms. The first-order chi connectivity index (χ1) is 7.71. The lowest BCUT2D eigenvalue weighted by atomic mass is 10.1. The number of aromatic hydroxyl groups is 1. The molecule has 1 amide bonds. The standard InChI is InChI=1S/C11H9NO.CH3NO/c1-2-10-5-8-3-4-11(13)6-9(8)7-12-10;2-1-3/h2-7,13H,1H2;1H,(H2,2,3). The highest BCUT2D eigenvalue weighted by Gasteiger charge is 1.95. The van der Waals surface area contributed by atoms with Crippen LogP contribution in [0.4, 0.5) is 0 Å². The molecule has 0 saturated heterocycles. The Hall–Kier alpha value is -2.36. The van der Waals surface area contributed by atoms with Gasteiger partial charge in [0.05, 0.1) is 5.69 Å². The molecule has 0 aliphatic rings. The van der Waals surface area contributed by atoms with Crippen LogP contribution in [0.25, 0.3) is 16.8 Å². The maximum atomic E-state index is 9.21. The molecule has 0 atom stereocenters. The van der Waals surface area contributed by atoms with Crippen molar-refractivity contribution in [2.45, 2.75) is 0 Å². The minimum atomic E-state index is 0.250. The van der Waals surface area contributed by atoms with Crippen LogP contribution in [0.2, 0.25) is 0 Å². The summed E-state index contributed by atoms with van der Waals surface area (Å²) in [5, 5.41) is 11.2. The summed E-state index contributed by atoms with van der Waals surface area (Å²) in [7, 11) is 0. The lowest BCUT2D eigenvalue weighted by Gasteiger charge is -1.99. The molecule has 0 aliphatic heterocycles. The van der Waals surface area contributed by atoms with Crippen molar-refractivity contribution >= 4 is 23.3 Å². The molecule has 4 heteroatoms. The zero-order chi connectivity index (χ0) is 12.0. The Balaban J connectivity index is 0.000000386. The van der Waals surface area contributed by atoms with Crippen molar-refractivity contribution in [3.63, 3.8) is 0 Å². The molecule has 0 saturated carbocycles. The fourth-order valence-corrected chi connectivity index (χ4v) is 1.26. The highest BCUT2D eigenvalue weighted by atomic mass is 16.3. The molecule has 0 bridgehead atoms. The minimum Gasteiger partial charge on any atom is -0.508 e. The summed E-state index contributed by atoms with van der Waals surface area (Å²) in [4.78, 5) is 12.7. The monoisotopic (exact) mass is 216 g/mol. The smallest absolute Gasteiger partial charge is 0.204 e. The van der Waals surface area contributed by atoms with Gasteiger partial charge in [-0.05, 0) is 29.7 Å². The van der Waals surface area contributed by atoms with Gasteiger partial charge in [-0.1, -0.05) is 12.6 Å². The van der Waals surface area contributed by atoms with Crippen molar-refractivity contribution in [2.75, 3.05) is 0 Å². The zero-order valence-electron chi connectivity index (χ0n) is 8.63. The predicted molar refractivity (Wildman–Crippen MR) is 63.8 cm³/mol. The molecule has 1 aromatic carbocycles. The van der Waals surface area contributed by atoms with Crippen LogP contribution in [0.5, 0.6) is 5.75 Å². The largest absolute Gasteiger partial charge is 0.508 e. The van der Waals surface area contributed by atoms with E-state index in [2.05, 4.69) is 17.3 Å². The number of amides is 1. The molecule has 82 valence electrons. The Morgan fingerprint density at radius 3 is 2.62 bits per heavy atom. The van der Waals surface area contributed by atoms with E-state index in [0.717, 1.165) is 16.5 Å². The lowest BCUT2D eigenvalue weighted by molar-refractivity contribution is -0.106. The Morgan fingerprint density at radius 2 is 2.00 bits per heavy atom. The van der Waals surface area contributed by atoms with Crippen LogP contribution in [0.1, 0.15) is 5.69 Å². The van der Waals surface area contributed by atoms with Crippen molar-refractivity contribution in [1.29, 1.82) is 0 Å². The van der Waals surface area contributed by atoms with E-state index < -0.39 is 0 Å². The molecule has 0 spiro atoms. The molecule has 2 rings (SSSR count). The summed E-state index contributed by atoms with van der Waals surface area (Å²) in [6.07, 6.45) is 3.68. The van der Waals surface area contributed by atoms with Gasteiger partial charge in [0.25, 0.3) is 0 Å². The number of carbonyl (C=O) groups is 1. The van der Waals surface area contributed by atoms with Crippen LogP contribution < -0.4 is 5.73 Å². The molecule has 1 heterocycles. The normalized spacial score (nSPS) is 9.00. The number of benzene rings is 1. The van der Waals surface area contributed by atoms with E-state index in [1.54, 1.807) is 24.4 Å². The number of pyridine rings is 1. The maximum absolute atomic E-state index is 9.21. The predicted octanol–water partition coefficient (Wildman–Crippen LogP) is 1.68. The van der Waals surface area contributed by atoms with Crippen molar-refractivity contribution in [3.05, 3.63) is 42.7 Å². The Bertz CT molecular complexity index is 509. The Kier molecular flexibility index (Phi) is 4.03. The molecule has 3 N–H and O–H groups in total. The van der Waals surface area contributed by atoms with Crippen LogP contribution >= 0.6 is 0 Å². The summed E-state index contributed by atoms with van der Waals surface area (Å²) in [6.45, 7) is 3.64. The third-order valence-corrected chi connectivity index (χ3v) is 1.94. The number of hydrogen-bond acceptors (Lipinski definition) is 3. The number of nitrogens with two attached hydrogens (primary N) is 1. The highest BCUT2D eigenvalue weighted by Crippen LogP contribution is 2.19. The molecule has 4 nitrogen and oxygen atoms in total. The van der Waals surface area contributed by atoms with Crippen LogP contribution in [0, 0.1) is 0 Å². The number of nitrogens with zero attached hydrogens (tertiary/aromatic N) is 1. The first-order valence-corrected chi connectivity index (χ1v) is 4.58. The second-order valence-electron chi connectivity index (χ2n) is 2.98. The van der Waals surface area contributed by atoms with Crippen LogP contribution in [0.3, 0.4) is 0 Å². The summed E-state index contributed by atoms with van der Waals surface area (Å²) in [6, 6.07) is 7.14. The van der Waals surface area contributed by atoms with E-state index in [9.17, 15) is 5.11 Å². The molecule has 0 unspecified atom stereocenters. The molecular weight excluding hydrogens is 204 g/mol. The molecule has 1 aromatic heterocycles. The first kappa shape index (κ1) is 11.7. The first-order valence-electron chi connectivity index (χ1n) is 4.58. The second-order valence-corrected chi connectivity index (χ2v) is 2.98. The maximum Gasteiger partial charge on any atom is 0.204 e. The quantitative estimate of drug-likeness (QED) is 0.712. The molecule has 2 aromatic rings. The Morgan fingerprint density at radius 1 is 1.31 bits per heavy atom. The van der Waals surface area contributed by atoms with E-state index in [4.69, 9.17) is 4.79 Å². The molecule has 0 fully saturated rings. The van der Waals surface area contributed by atoms with Crippen LogP contribution in [0.15, 0.2) is 37.0 Å². The number of fused-ring (bicyclic) bond motifs is 1. The van der Waals surface area contributed by atoms with Crippen molar-refractivity contribution < 1.29 is 9.90 Å². The third kappa shape index (κ3) is 2.81. The van der Waals surface area contributed by atoms with Crippen molar-refractivity contribution in [2.24, 2.45) is 5.73 Å². The van der Waals surface area contributed by atoms with Crippen LogP contribution in [-0.4, -0.2) is 16.5 Å². The fourth-order valence-electron chi connectivity index (χ4n) is 1.26. The lowest BCUT2D eigenvalue weighted by Crippen LogP contribution is -1.82. The number of phenols is 1. The number of hydrogen-bond donors (Lipinski definition) is 2. The zero-order valence-corrected chi connectivity index (χ0v) is 8.63. The van der Waals surface area contributed by atoms with E-state index >= 15 is 0 Å². The van der Waals surface area contributed by atoms with E-state index in [0.29, 0.717) is 0 Å².